The van der Waals surface area contributed by atoms with Crippen LogP contribution in [0.4, 0.5) is 0 Å². The summed E-state index contributed by atoms with van der Waals surface area (Å²) < 4.78 is 0. The Morgan fingerprint density at radius 2 is 1.71 bits per heavy atom. The van der Waals surface area contributed by atoms with Crippen LogP contribution in [0.15, 0.2) is 0 Å². The first kappa shape index (κ1) is 13.4. The van der Waals surface area contributed by atoms with Crippen molar-refractivity contribution in [2.75, 3.05) is 19.6 Å². The molecule has 3 heteroatoms. The first-order valence-corrected chi connectivity index (χ1v) is 5.62. The fourth-order valence-electron chi connectivity index (χ4n) is 1.38. The van der Waals surface area contributed by atoms with Crippen molar-refractivity contribution < 1.29 is 0 Å². The molecule has 0 saturated heterocycles. The molecular weight excluding hydrogens is 174 g/mol. The van der Waals surface area contributed by atoms with Crippen LogP contribution < -0.4 is 5.73 Å². The molecule has 0 aliphatic rings. The predicted molar refractivity (Wildman–Crippen MR) is 59.8 cm³/mol. The fourth-order valence-corrected chi connectivity index (χ4v) is 1.38. The highest BCUT2D eigenvalue weighted by molar-refractivity contribution is 4.88. The van der Waals surface area contributed by atoms with E-state index in [0.29, 0.717) is 0 Å². The average molecular weight is 197 g/mol. The standard InChI is InChI=1S/C11H23N3/c1-3-5-7-14(8-6-4-2)10-11(13)9-12/h11H,3-8,10,13H2,1-2H3. The molecule has 0 aliphatic heterocycles. The molecule has 3 nitrogen and oxygen atoms in total. The molecule has 0 rings (SSSR count). The summed E-state index contributed by atoms with van der Waals surface area (Å²) in [5.74, 6) is 0. The molecule has 2 N–H and O–H groups in total. The Bertz CT molecular complexity index is 154. The molecule has 0 spiro atoms. The minimum absolute atomic E-state index is 0.330. The third kappa shape index (κ3) is 6.88. The monoisotopic (exact) mass is 197 g/mol. The van der Waals surface area contributed by atoms with Gasteiger partial charge in [0.1, 0.15) is 6.04 Å². The summed E-state index contributed by atoms with van der Waals surface area (Å²) in [5, 5.41) is 8.63. The van der Waals surface area contributed by atoms with E-state index in [1.165, 1.54) is 25.7 Å². The van der Waals surface area contributed by atoms with Gasteiger partial charge in [0, 0.05) is 6.54 Å². The van der Waals surface area contributed by atoms with E-state index in [-0.39, 0.29) is 6.04 Å². The summed E-state index contributed by atoms with van der Waals surface area (Å²) in [6, 6.07) is 1.75. The van der Waals surface area contributed by atoms with Gasteiger partial charge in [-0.25, -0.2) is 0 Å². The average Bonchev–Trinajstić information content (AvgIpc) is 2.21. The molecule has 0 radical (unpaired) electrons. The first-order valence-electron chi connectivity index (χ1n) is 5.62. The molecule has 0 aromatic heterocycles. The minimum Gasteiger partial charge on any atom is -0.315 e. The van der Waals surface area contributed by atoms with Crippen LogP contribution in [0.1, 0.15) is 39.5 Å². The van der Waals surface area contributed by atoms with Crippen LogP contribution in [-0.4, -0.2) is 30.6 Å². The second-order valence-electron chi connectivity index (χ2n) is 3.74. The number of nitriles is 1. The van der Waals surface area contributed by atoms with E-state index in [1.807, 2.05) is 0 Å². The van der Waals surface area contributed by atoms with Crippen LogP contribution >= 0.6 is 0 Å². The van der Waals surface area contributed by atoms with Crippen molar-refractivity contribution in [3.8, 4) is 6.07 Å². The van der Waals surface area contributed by atoms with E-state index in [4.69, 9.17) is 11.0 Å². The molecule has 0 amide bonds. The Hall–Kier alpha value is -0.590. The lowest BCUT2D eigenvalue weighted by molar-refractivity contribution is 0.261. The van der Waals surface area contributed by atoms with Crippen LogP contribution in [0.3, 0.4) is 0 Å². The van der Waals surface area contributed by atoms with Crippen LogP contribution in [0.25, 0.3) is 0 Å². The van der Waals surface area contributed by atoms with Crippen LogP contribution in [0.2, 0.25) is 0 Å². The summed E-state index contributed by atoms with van der Waals surface area (Å²) in [6.45, 7) is 7.23. The third-order valence-electron chi connectivity index (χ3n) is 2.28. The van der Waals surface area contributed by atoms with Gasteiger partial charge in [-0.2, -0.15) is 5.26 Å². The lowest BCUT2D eigenvalue weighted by Crippen LogP contribution is -2.37. The van der Waals surface area contributed by atoms with Gasteiger partial charge in [-0.15, -0.1) is 0 Å². The topological polar surface area (TPSA) is 53.0 Å². The van der Waals surface area contributed by atoms with Gasteiger partial charge < -0.3 is 10.6 Å². The number of rotatable bonds is 8. The maximum atomic E-state index is 8.63. The third-order valence-corrected chi connectivity index (χ3v) is 2.28. The van der Waals surface area contributed by atoms with E-state index in [0.717, 1.165) is 19.6 Å². The molecule has 0 aromatic carbocycles. The minimum atomic E-state index is -0.330. The zero-order chi connectivity index (χ0) is 10.8. The number of unbranched alkanes of at least 4 members (excludes halogenated alkanes) is 2. The highest BCUT2D eigenvalue weighted by Gasteiger charge is 2.08. The van der Waals surface area contributed by atoms with Crippen molar-refractivity contribution in [2.24, 2.45) is 5.73 Å². The lowest BCUT2D eigenvalue weighted by Gasteiger charge is -2.22. The maximum Gasteiger partial charge on any atom is 0.106 e. The SMILES string of the molecule is CCCCN(CCCC)CC(N)C#N. The number of nitrogens with zero attached hydrogens (tertiary/aromatic N) is 2. The van der Waals surface area contributed by atoms with Crippen molar-refractivity contribution in [1.29, 1.82) is 5.26 Å². The van der Waals surface area contributed by atoms with Gasteiger partial charge in [-0.05, 0) is 25.9 Å². The van der Waals surface area contributed by atoms with Gasteiger partial charge in [0.2, 0.25) is 0 Å². The zero-order valence-electron chi connectivity index (χ0n) is 9.50. The molecule has 82 valence electrons. The van der Waals surface area contributed by atoms with Gasteiger partial charge in [0.15, 0.2) is 0 Å². The largest absolute Gasteiger partial charge is 0.315 e. The van der Waals surface area contributed by atoms with Gasteiger partial charge in [-0.1, -0.05) is 26.7 Å². The Morgan fingerprint density at radius 3 is 2.07 bits per heavy atom. The second kappa shape index (κ2) is 8.98. The Balaban J connectivity index is 3.78. The normalized spacial score (nSPS) is 12.8. The van der Waals surface area contributed by atoms with E-state index >= 15 is 0 Å². The summed E-state index contributed by atoms with van der Waals surface area (Å²) in [5.41, 5.74) is 5.61. The van der Waals surface area contributed by atoms with Gasteiger partial charge in [-0.3, -0.25) is 0 Å². The molecule has 0 fully saturated rings. The smallest absolute Gasteiger partial charge is 0.106 e. The molecule has 0 aliphatic carbocycles. The maximum absolute atomic E-state index is 8.63. The second-order valence-corrected chi connectivity index (χ2v) is 3.74. The molecule has 0 heterocycles. The van der Waals surface area contributed by atoms with Crippen molar-refractivity contribution in [3.05, 3.63) is 0 Å². The van der Waals surface area contributed by atoms with E-state index in [9.17, 15) is 0 Å². The number of hydrogen-bond acceptors (Lipinski definition) is 3. The van der Waals surface area contributed by atoms with E-state index < -0.39 is 0 Å². The van der Waals surface area contributed by atoms with Gasteiger partial charge in [0.05, 0.1) is 6.07 Å². The van der Waals surface area contributed by atoms with E-state index in [2.05, 4.69) is 24.8 Å². The summed E-state index contributed by atoms with van der Waals surface area (Å²) in [6.07, 6.45) is 4.79. The van der Waals surface area contributed by atoms with Crippen LogP contribution in [-0.2, 0) is 0 Å². The quantitative estimate of drug-likeness (QED) is 0.645. The number of hydrogen-bond donors (Lipinski definition) is 1. The Morgan fingerprint density at radius 1 is 1.21 bits per heavy atom. The van der Waals surface area contributed by atoms with Crippen molar-refractivity contribution in [2.45, 2.75) is 45.6 Å². The highest BCUT2D eigenvalue weighted by Crippen LogP contribution is 1.99. The summed E-state index contributed by atoms with van der Waals surface area (Å²) in [7, 11) is 0. The van der Waals surface area contributed by atoms with Crippen molar-refractivity contribution in [1.82, 2.24) is 4.90 Å². The van der Waals surface area contributed by atoms with Crippen molar-refractivity contribution in [3.63, 3.8) is 0 Å². The molecule has 14 heavy (non-hydrogen) atoms. The molecule has 1 unspecified atom stereocenters. The molecular formula is C11H23N3. The number of nitrogens with two attached hydrogens (primary N) is 1. The Kier molecular flexibility index (Phi) is 8.61. The molecule has 0 bridgehead atoms. The van der Waals surface area contributed by atoms with Gasteiger partial charge in [0.25, 0.3) is 0 Å². The first-order chi connectivity index (χ1) is 6.74. The lowest BCUT2D eigenvalue weighted by atomic mass is 10.2. The molecule has 0 aromatic rings. The van der Waals surface area contributed by atoms with E-state index in [1.54, 1.807) is 0 Å². The summed E-state index contributed by atoms with van der Waals surface area (Å²) >= 11 is 0. The van der Waals surface area contributed by atoms with Crippen molar-refractivity contribution >= 4 is 0 Å². The molecule has 1 atom stereocenters. The van der Waals surface area contributed by atoms with Gasteiger partial charge >= 0.3 is 0 Å². The Labute approximate surface area is 87.9 Å². The zero-order valence-corrected chi connectivity index (χ0v) is 9.50. The fraction of sp³-hybridized carbons (Fsp3) is 0.909. The summed E-state index contributed by atoms with van der Waals surface area (Å²) in [4.78, 5) is 2.31. The molecule has 0 saturated carbocycles. The van der Waals surface area contributed by atoms with Crippen LogP contribution in [0.5, 0.6) is 0 Å². The van der Waals surface area contributed by atoms with Crippen LogP contribution in [0, 0.1) is 11.3 Å². The highest BCUT2D eigenvalue weighted by atomic mass is 15.1. The predicted octanol–water partition coefficient (Wildman–Crippen LogP) is 1.74.